The van der Waals surface area contributed by atoms with Gasteiger partial charge in [-0.2, -0.15) is 0 Å². The Morgan fingerprint density at radius 2 is 2.20 bits per heavy atom. The van der Waals surface area contributed by atoms with Crippen LogP contribution in [0.5, 0.6) is 11.5 Å². The van der Waals surface area contributed by atoms with E-state index in [2.05, 4.69) is 0 Å². The summed E-state index contributed by atoms with van der Waals surface area (Å²) in [6, 6.07) is 5.80. The smallest absolute Gasteiger partial charge is 0.231 e. The molecule has 4 heteroatoms. The second-order valence-electron chi connectivity index (χ2n) is 3.54. The molecule has 1 aromatic rings. The first-order valence-corrected chi connectivity index (χ1v) is 5.00. The van der Waals surface area contributed by atoms with E-state index in [0.717, 1.165) is 17.1 Å². The topological polar surface area (TPSA) is 53.7 Å². The summed E-state index contributed by atoms with van der Waals surface area (Å²) in [4.78, 5) is 0. The monoisotopic (exact) mass is 209 g/mol. The highest BCUT2D eigenvalue weighted by Gasteiger charge is 2.13. The van der Waals surface area contributed by atoms with E-state index in [-0.39, 0.29) is 6.10 Å². The fourth-order valence-electron chi connectivity index (χ4n) is 1.34. The molecule has 0 radical (unpaired) electrons. The minimum absolute atomic E-state index is 0.0791. The lowest BCUT2D eigenvalue weighted by atomic mass is 10.2. The first kappa shape index (κ1) is 10.3. The molecule has 4 nitrogen and oxygen atoms in total. The van der Waals surface area contributed by atoms with E-state index < -0.39 is 0 Å². The van der Waals surface area contributed by atoms with Crippen molar-refractivity contribution in [2.45, 2.75) is 19.6 Å². The molecule has 0 fully saturated rings. The summed E-state index contributed by atoms with van der Waals surface area (Å²) >= 11 is 0. The van der Waals surface area contributed by atoms with Crippen molar-refractivity contribution >= 4 is 0 Å². The molecule has 0 saturated heterocycles. The van der Waals surface area contributed by atoms with Crippen LogP contribution in [-0.4, -0.2) is 19.4 Å². The average molecular weight is 209 g/mol. The van der Waals surface area contributed by atoms with Crippen molar-refractivity contribution in [3.05, 3.63) is 23.8 Å². The minimum Gasteiger partial charge on any atom is -0.454 e. The van der Waals surface area contributed by atoms with Gasteiger partial charge in [0.1, 0.15) is 0 Å². The van der Waals surface area contributed by atoms with Gasteiger partial charge in [0.15, 0.2) is 11.5 Å². The third kappa shape index (κ3) is 2.40. The summed E-state index contributed by atoms with van der Waals surface area (Å²) in [5.41, 5.74) is 6.53. The molecule has 0 bridgehead atoms. The molecule has 1 heterocycles. The van der Waals surface area contributed by atoms with Crippen molar-refractivity contribution in [3.63, 3.8) is 0 Å². The molecule has 2 N–H and O–H groups in total. The normalized spacial score (nSPS) is 15.3. The second-order valence-corrected chi connectivity index (χ2v) is 3.54. The van der Waals surface area contributed by atoms with Crippen molar-refractivity contribution in [2.24, 2.45) is 5.73 Å². The number of hydrogen-bond acceptors (Lipinski definition) is 4. The van der Waals surface area contributed by atoms with E-state index in [0.29, 0.717) is 19.9 Å². The van der Waals surface area contributed by atoms with Gasteiger partial charge in [-0.15, -0.1) is 0 Å². The summed E-state index contributed by atoms with van der Waals surface area (Å²) < 4.78 is 16.0. The van der Waals surface area contributed by atoms with Crippen LogP contribution in [0, 0.1) is 0 Å². The van der Waals surface area contributed by atoms with Crippen LogP contribution in [0.3, 0.4) is 0 Å². The molecular formula is C11H15NO3. The number of hydrogen-bond donors (Lipinski definition) is 1. The Morgan fingerprint density at radius 3 is 3.00 bits per heavy atom. The molecule has 1 aromatic carbocycles. The van der Waals surface area contributed by atoms with Gasteiger partial charge in [0.05, 0.1) is 12.7 Å². The first-order valence-electron chi connectivity index (χ1n) is 5.00. The van der Waals surface area contributed by atoms with Gasteiger partial charge in [-0.1, -0.05) is 6.07 Å². The molecule has 0 aliphatic carbocycles. The Labute approximate surface area is 88.9 Å². The average Bonchev–Trinajstić information content (AvgIpc) is 2.72. The Balaban J connectivity index is 1.98. The van der Waals surface area contributed by atoms with Gasteiger partial charge >= 0.3 is 0 Å². The number of rotatable bonds is 4. The summed E-state index contributed by atoms with van der Waals surface area (Å²) in [5.74, 6) is 1.59. The van der Waals surface area contributed by atoms with Gasteiger partial charge < -0.3 is 19.9 Å². The van der Waals surface area contributed by atoms with E-state index in [9.17, 15) is 0 Å². The Hall–Kier alpha value is -1.26. The number of ether oxygens (including phenoxy) is 3. The molecule has 0 amide bonds. The zero-order valence-electron chi connectivity index (χ0n) is 8.73. The van der Waals surface area contributed by atoms with Gasteiger partial charge in [0, 0.05) is 6.54 Å². The van der Waals surface area contributed by atoms with E-state index >= 15 is 0 Å². The maximum absolute atomic E-state index is 5.52. The zero-order valence-corrected chi connectivity index (χ0v) is 8.73. The van der Waals surface area contributed by atoms with Crippen molar-refractivity contribution in [1.29, 1.82) is 0 Å². The fourth-order valence-corrected chi connectivity index (χ4v) is 1.34. The van der Waals surface area contributed by atoms with Crippen LogP contribution in [0.1, 0.15) is 12.5 Å². The van der Waals surface area contributed by atoms with Crippen LogP contribution >= 0.6 is 0 Å². The Bertz CT molecular complexity index is 341. The van der Waals surface area contributed by atoms with Crippen LogP contribution in [0.2, 0.25) is 0 Å². The van der Waals surface area contributed by atoms with E-state index in [4.69, 9.17) is 19.9 Å². The maximum atomic E-state index is 5.52. The van der Waals surface area contributed by atoms with Crippen LogP contribution in [0.25, 0.3) is 0 Å². The molecule has 82 valence electrons. The van der Waals surface area contributed by atoms with Gasteiger partial charge in [-0.05, 0) is 24.6 Å². The highest BCUT2D eigenvalue weighted by molar-refractivity contribution is 5.44. The molecular weight excluding hydrogens is 194 g/mol. The van der Waals surface area contributed by atoms with Crippen LogP contribution < -0.4 is 15.2 Å². The Kier molecular flexibility index (Phi) is 3.08. The van der Waals surface area contributed by atoms with Gasteiger partial charge in [0.25, 0.3) is 0 Å². The van der Waals surface area contributed by atoms with Crippen molar-refractivity contribution in [3.8, 4) is 11.5 Å². The summed E-state index contributed by atoms with van der Waals surface area (Å²) in [7, 11) is 0. The lowest BCUT2D eigenvalue weighted by molar-refractivity contribution is 0.0589. The lowest BCUT2D eigenvalue weighted by Crippen LogP contribution is -2.19. The largest absolute Gasteiger partial charge is 0.454 e. The molecule has 15 heavy (non-hydrogen) atoms. The van der Waals surface area contributed by atoms with E-state index in [1.807, 2.05) is 25.1 Å². The molecule has 1 aliphatic heterocycles. The summed E-state index contributed by atoms with van der Waals surface area (Å²) in [5, 5.41) is 0. The molecule has 1 unspecified atom stereocenters. The molecule has 1 aliphatic rings. The number of nitrogens with two attached hydrogens (primary N) is 1. The molecule has 0 spiro atoms. The summed E-state index contributed by atoms with van der Waals surface area (Å²) in [6.45, 7) is 3.34. The van der Waals surface area contributed by atoms with Crippen molar-refractivity contribution in [2.75, 3.05) is 13.3 Å². The maximum Gasteiger partial charge on any atom is 0.231 e. The highest BCUT2D eigenvalue weighted by atomic mass is 16.7. The lowest BCUT2D eigenvalue weighted by Gasteiger charge is -2.10. The number of benzene rings is 1. The molecule has 1 atom stereocenters. The fraction of sp³-hybridized carbons (Fsp3) is 0.455. The summed E-state index contributed by atoms with van der Waals surface area (Å²) in [6.07, 6.45) is 0.0791. The van der Waals surface area contributed by atoms with Crippen LogP contribution in [0.15, 0.2) is 18.2 Å². The van der Waals surface area contributed by atoms with Gasteiger partial charge in [-0.3, -0.25) is 0 Å². The van der Waals surface area contributed by atoms with Gasteiger partial charge in [0.2, 0.25) is 6.79 Å². The standard InChI is InChI=1S/C11H15NO3/c1-8(5-12)13-6-9-2-3-10-11(4-9)15-7-14-10/h2-4,8H,5-7,12H2,1H3. The van der Waals surface area contributed by atoms with Crippen LogP contribution in [0.4, 0.5) is 0 Å². The third-order valence-corrected chi connectivity index (χ3v) is 2.30. The minimum atomic E-state index is 0.0791. The predicted molar refractivity (Wildman–Crippen MR) is 55.9 cm³/mol. The molecule has 2 rings (SSSR count). The molecule has 0 aromatic heterocycles. The molecule has 0 saturated carbocycles. The van der Waals surface area contributed by atoms with Crippen molar-refractivity contribution in [1.82, 2.24) is 0 Å². The van der Waals surface area contributed by atoms with Gasteiger partial charge in [-0.25, -0.2) is 0 Å². The van der Waals surface area contributed by atoms with E-state index in [1.165, 1.54) is 0 Å². The zero-order chi connectivity index (χ0) is 10.7. The highest BCUT2D eigenvalue weighted by Crippen LogP contribution is 2.32. The van der Waals surface area contributed by atoms with Crippen molar-refractivity contribution < 1.29 is 14.2 Å². The first-order chi connectivity index (χ1) is 7.29. The number of fused-ring (bicyclic) bond motifs is 1. The Morgan fingerprint density at radius 1 is 1.40 bits per heavy atom. The SMILES string of the molecule is CC(CN)OCc1ccc2c(c1)OCO2. The van der Waals surface area contributed by atoms with E-state index in [1.54, 1.807) is 0 Å². The predicted octanol–water partition coefficient (Wildman–Crippen LogP) is 1.28. The quantitative estimate of drug-likeness (QED) is 0.811. The second kappa shape index (κ2) is 4.51. The third-order valence-electron chi connectivity index (χ3n) is 2.30. The van der Waals surface area contributed by atoms with Crippen LogP contribution in [-0.2, 0) is 11.3 Å².